The number of carbonyl (C=O) groups is 6. The van der Waals surface area contributed by atoms with Gasteiger partial charge in [-0.2, -0.15) is 18.3 Å². The highest BCUT2D eigenvalue weighted by Gasteiger charge is 2.32. The summed E-state index contributed by atoms with van der Waals surface area (Å²) in [7, 11) is 0. The van der Waals surface area contributed by atoms with E-state index in [1.165, 1.54) is 17.0 Å². The molecule has 2 aliphatic heterocycles. The number of fused-ring (bicyclic) bond motifs is 1. The number of likely N-dealkylation sites (tertiary alicyclic amines) is 1. The first kappa shape index (κ1) is 51.7. The molecule has 2 aromatic carbocycles. The summed E-state index contributed by atoms with van der Waals surface area (Å²) in [6, 6.07) is 12.9. The first-order valence-electron chi connectivity index (χ1n) is 24.9. The molecule has 3 aromatic heterocycles. The summed E-state index contributed by atoms with van der Waals surface area (Å²) in [5.41, 5.74) is 9.99. The number of anilines is 3. The van der Waals surface area contributed by atoms with Gasteiger partial charge in [-0.1, -0.05) is 49.6 Å². The number of rotatable bonds is 17. The number of aromatic amines is 1. The van der Waals surface area contributed by atoms with Crippen molar-refractivity contribution < 1.29 is 41.9 Å². The Labute approximate surface area is 420 Å². The van der Waals surface area contributed by atoms with Crippen molar-refractivity contribution in [3.8, 4) is 11.3 Å². The molecule has 0 radical (unpaired) electrons. The Bertz CT molecular complexity index is 2870. The van der Waals surface area contributed by atoms with Crippen LogP contribution in [0.1, 0.15) is 121 Å². The Morgan fingerprint density at radius 1 is 0.918 bits per heavy atom. The number of carbonyl (C=O) groups excluding carboxylic acids is 6. The summed E-state index contributed by atoms with van der Waals surface area (Å²) in [5.74, 6) is -0.959. The zero-order valence-electron chi connectivity index (χ0n) is 40.7. The number of urea groups is 1. The van der Waals surface area contributed by atoms with Gasteiger partial charge >= 0.3 is 12.2 Å². The van der Waals surface area contributed by atoms with E-state index in [0.29, 0.717) is 90.2 Å². The normalized spacial score (nSPS) is 15.9. The number of amides is 7. The largest absolute Gasteiger partial charge is 0.416 e. The van der Waals surface area contributed by atoms with E-state index in [0.717, 1.165) is 75.3 Å². The minimum Gasteiger partial charge on any atom is -0.383 e. The van der Waals surface area contributed by atoms with Crippen molar-refractivity contribution >= 4 is 69.9 Å². The predicted molar refractivity (Wildman–Crippen MR) is 270 cm³/mol. The van der Waals surface area contributed by atoms with Gasteiger partial charge in [-0.3, -0.25) is 39.3 Å². The molecular formula is C53H60F3N11O6. The van der Waals surface area contributed by atoms with Crippen molar-refractivity contribution in [2.24, 2.45) is 5.92 Å². The number of hydrogen-bond donors (Lipinski definition) is 5. The first-order valence-corrected chi connectivity index (χ1v) is 24.9. The zero-order valence-corrected chi connectivity index (χ0v) is 40.7. The molecule has 1 aliphatic carbocycles. The molecule has 20 heteroatoms. The molecule has 73 heavy (non-hydrogen) atoms. The number of halogens is 3. The molecule has 0 spiro atoms. The van der Waals surface area contributed by atoms with E-state index in [2.05, 4.69) is 36.1 Å². The Hall–Kier alpha value is -7.64. The Kier molecular flexibility index (Phi) is 16.5. The maximum atomic E-state index is 13.8. The molecule has 0 unspecified atom stereocenters. The molecule has 2 saturated heterocycles. The van der Waals surface area contributed by atoms with Crippen LogP contribution in [0, 0.1) is 12.8 Å². The molecule has 3 aliphatic rings. The van der Waals surface area contributed by atoms with Gasteiger partial charge in [0.2, 0.25) is 17.7 Å². The molecule has 5 heterocycles. The number of pyridine rings is 2. The number of nitrogen functional groups attached to an aromatic ring is 1. The molecule has 5 aromatic rings. The van der Waals surface area contributed by atoms with Gasteiger partial charge < -0.3 is 26.2 Å². The number of aromatic nitrogens is 4. The van der Waals surface area contributed by atoms with E-state index in [4.69, 9.17) is 5.73 Å². The van der Waals surface area contributed by atoms with Gasteiger partial charge in [0.05, 0.1) is 23.2 Å². The summed E-state index contributed by atoms with van der Waals surface area (Å²) < 4.78 is 39.5. The monoisotopic (exact) mass is 1000 g/mol. The van der Waals surface area contributed by atoms with E-state index in [1.807, 2.05) is 30.0 Å². The third-order valence-corrected chi connectivity index (χ3v) is 13.9. The topological polar surface area (TPSA) is 229 Å². The second-order valence-corrected chi connectivity index (χ2v) is 19.0. The number of allylic oxidation sites excluding steroid dienone is 1. The van der Waals surface area contributed by atoms with Crippen LogP contribution in [-0.2, 0) is 20.6 Å². The Morgan fingerprint density at radius 3 is 2.41 bits per heavy atom. The number of nitrogens with one attached hydrogen (secondary N) is 4. The third kappa shape index (κ3) is 13.1. The van der Waals surface area contributed by atoms with Crippen molar-refractivity contribution in [3.63, 3.8) is 0 Å². The first-order chi connectivity index (χ1) is 35.1. The van der Waals surface area contributed by atoms with E-state index in [1.54, 1.807) is 35.4 Å². The summed E-state index contributed by atoms with van der Waals surface area (Å²) in [5, 5.41) is 16.0. The summed E-state index contributed by atoms with van der Waals surface area (Å²) >= 11 is 0. The van der Waals surface area contributed by atoms with Gasteiger partial charge in [0, 0.05) is 85.4 Å². The predicted octanol–water partition coefficient (Wildman–Crippen LogP) is 8.42. The average Bonchev–Trinajstić information content (AvgIpc) is 3.84. The van der Waals surface area contributed by atoms with Crippen molar-refractivity contribution in [1.82, 2.24) is 40.6 Å². The van der Waals surface area contributed by atoms with Crippen LogP contribution in [0.25, 0.3) is 28.2 Å². The summed E-state index contributed by atoms with van der Waals surface area (Å²) in [6.45, 7) is 3.63. The highest BCUT2D eigenvalue weighted by Crippen LogP contribution is 2.34. The maximum Gasteiger partial charge on any atom is 0.416 e. The summed E-state index contributed by atoms with van der Waals surface area (Å²) in [4.78, 5) is 91.1. The van der Waals surface area contributed by atoms with Crippen LogP contribution in [0.2, 0.25) is 0 Å². The molecule has 384 valence electrons. The number of hydrogen-bond acceptors (Lipinski definition) is 10. The second kappa shape index (κ2) is 23.3. The van der Waals surface area contributed by atoms with E-state index in [9.17, 15) is 41.9 Å². The highest BCUT2D eigenvalue weighted by atomic mass is 19.4. The molecular weight excluding hydrogens is 944 g/mol. The van der Waals surface area contributed by atoms with Crippen LogP contribution in [0.15, 0.2) is 73.1 Å². The van der Waals surface area contributed by atoms with Gasteiger partial charge in [-0.15, -0.1) is 0 Å². The SMILES string of the molecule is Cc1ccc(C(=O)N2CCC(CCCC(=O)N(CCC/C=C/c3cnc(N)c4c(-c5ccc(C(=O)Nc6cc(C(F)(F)F)ccn6)cc5)[nH]nc34)CC(=O)NC3CCCCC3)CC2)cc1N1CCC(=O)NC1=O. The summed E-state index contributed by atoms with van der Waals surface area (Å²) in [6.07, 6.45) is 11.8. The van der Waals surface area contributed by atoms with Gasteiger partial charge in [-0.25, -0.2) is 14.8 Å². The van der Waals surface area contributed by atoms with E-state index in [-0.39, 0.29) is 66.4 Å². The van der Waals surface area contributed by atoms with Crippen LogP contribution in [0.4, 0.5) is 35.3 Å². The maximum absolute atomic E-state index is 13.8. The minimum absolute atomic E-state index is 0.0158. The van der Waals surface area contributed by atoms with Crippen LogP contribution in [-0.4, -0.2) is 104 Å². The number of unbranched alkanes of at least 4 members (excludes halogenated alkanes) is 1. The molecule has 7 amide bonds. The highest BCUT2D eigenvalue weighted by molar-refractivity contribution is 6.07. The van der Waals surface area contributed by atoms with Crippen LogP contribution in [0.5, 0.6) is 0 Å². The van der Waals surface area contributed by atoms with Crippen LogP contribution < -0.4 is 26.6 Å². The number of aryl methyl sites for hydroxylation is 1. The number of imide groups is 1. The van der Waals surface area contributed by atoms with Crippen molar-refractivity contribution in [3.05, 3.63) is 101 Å². The van der Waals surface area contributed by atoms with Crippen molar-refractivity contribution in [1.29, 1.82) is 0 Å². The molecule has 8 rings (SSSR count). The second-order valence-electron chi connectivity index (χ2n) is 19.0. The number of alkyl halides is 3. The van der Waals surface area contributed by atoms with E-state index >= 15 is 0 Å². The fraction of sp³-hybridized carbons (Fsp3) is 0.415. The number of piperidine rings is 1. The molecule has 1 saturated carbocycles. The van der Waals surface area contributed by atoms with Crippen molar-refractivity contribution in [2.45, 2.75) is 103 Å². The molecule has 6 N–H and O–H groups in total. The number of benzene rings is 2. The van der Waals surface area contributed by atoms with Gasteiger partial charge in [0.15, 0.2) is 0 Å². The van der Waals surface area contributed by atoms with Gasteiger partial charge in [0.1, 0.15) is 17.2 Å². The van der Waals surface area contributed by atoms with Crippen LogP contribution >= 0.6 is 0 Å². The van der Waals surface area contributed by atoms with Gasteiger partial charge in [-0.05, 0) is 106 Å². The lowest BCUT2D eigenvalue weighted by Crippen LogP contribution is -2.49. The zero-order chi connectivity index (χ0) is 51.6. The third-order valence-electron chi connectivity index (χ3n) is 13.9. The van der Waals surface area contributed by atoms with Crippen LogP contribution in [0.3, 0.4) is 0 Å². The standard InChI is InChI=1S/C53H60F3N11O6/c1-33-14-15-37(29-41(33)67-28-23-43(68)62-52(67)73)51(72)65-26-21-34(22-27-65)9-8-13-45(70)66(32-44(69)60-40-11-5-2-6-12-40)25-7-3-4-10-38-31-59-49(57)46-47(63-64-48(38)46)35-16-18-36(19-17-35)50(71)61-42-30-39(20-24-58-42)53(54,55)56/h4,10,14-20,24,29-31,34,40H,2-3,5-9,11-13,21-23,25-28,32H2,1H3,(H2,57,59)(H,60,69)(H,63,64)(H,58,61,71)(H,62,68,73)/b10-4+. The van der Waals surface area contributed by atoms with E-state index < -0.39 is 23.7 Å². The minimum atomic E-state index is -4.59. The number of nitrogens with zero attached hydrogens (tertiary/aromatic N) is 6. The molecule has 0 atom stereocenters. The smallest absolute Gasteiger partial charge is 0.383 e. The lowest BCUT2D eigenvalue weighted by Gasteiger charge is -2.33. The fourth-order valence-electron chi connectivity index (χ4n) is 9.78. The molecule has 3 fully saturated rings. The van der Waals surface area contributed by atoms with Gasteiger partial charge in [0.25, 0.3) is 11.8 Å². The lowest BCUT2D eigenvalue weighted by molar-refractivity contribution is -0.137. The Morgan fingerprint density at radius 2 is 1.67 bits per heavy atom. The van der Waals surface area contributed by atoms with Crippen molar-refractivity contribution in [2.75, 3.05) is 48.7 Å². The fourth-order valence-corrected chi connectivity index (χ4v) is 9.78. The molecule has 0 bridgehead atoms. The Balaban J connectivity index is 0.836. The molecule has 17 nitrogen and oxygen atoms in total. The lowest BCUT2D eigenvalue weighted by atomic mass is 9.91. The number of H-pyrrole nitrogens is 1. The quantitative estimate of drug-likeness (QED) is 0.0559. The average molecular weight is 1000 g/mol. The number of nitrogens with two attached hydrogens (primary N) is 1.